The van der Waals surface area contributed by atoms with Gasteiger partial charge in [0.15, 0.2) is 0 Å². The molecule has 0 saturated heterocycles. The van der Waals surface area contributed by atoms with Gasteiger partial charge in [0.25, 0.3) is 0 Å². The summed E-state index contributed by atoms with van der Waals surface area (Å²) in [6.07, 6.45) is 10.2. The van der Waals surface area contributed by atoms with Crippen LogP contribution in [0.15, 0.2) is 0 Å². The van der Waals surface area contributed by atoms with Crippen LogP contribution in [0.5, 0.6) is 0 Å². The van der Waals surface area contributed by atoms with Crippen LogP contribution >= 0.6 is 0 Å². The van der Waals surface area contributed by atoms with Crippen molar-refractivity contribution in [3.05, 3.63) is 0 Å². The summed E-state index contributed by atoms with van der Waals surface area (Å²) in [5, 5.41) is 18.5. The number of rotatable bonds is 7. The van der Waals surface area contributed by atoms with Crippen LogP contribution in [0.4, 0.5) is 0 Å². The number of aliphatic hydroxyl groups is 2. The average Bonchev–Trinajstić information content (AvgIpc) is 2.81. The lowest BCUT2D eigenvalue weighted by molar-refractivity contribution is 0.0328. The first-order valence-corrected chi connectivity index (χ1v) is 9.24. The Hall–Kier alpha value is -0.0800. The zero-order chi connectivity index (χ0) is 15.5. The first-order chi connectivity index (χ1) is 10.0. The highest BCUT2D eigenvalue weighted by atomic mass is 16.3. The second-order valence-corrected chi connectivity index (χ2v) is 8.28. The Labute approximate surface area is 131 Å². The van der Waals surface area contributed by atoms with Crippen molar-refractivity contribution in [3.63, 3.8) is 0 Å². The van der Waals surface area contributed by atoms with Crippen LogP contribution in [0.3, 0.4) is 0 Å². The molecule has 2 aliphatic carbocycles. The maximum Gasteiger partial charge on any atom is 0.0460 e. The molecule has 0 aromatic rings. The van der Waals surface area contributed by atoms with Gasteiger partial charge in [-0.3, -0.25) is 0 Å². The number of hydrogen-bond acceptors (Lipinski definition) is 2. The van der Waals surface area contributed by atoms with Gasteiger partial charge in [-0.15, -0.1) is 0 Å². The molecule has 0 bridgehead atoms. The molecular weight excluding hydrogens is 260 g/mol. The van der Waals surface area contributed by atoms with Crippen LogP contribution in [0.2, 0.25) is 0 Å². The van der Waals surface area contributed by atoms with E-state index in [1.807, 2.05) is 0 Å². The fourth-order valence-electron chi connectivity index (χ4n) is 5.75. The summed E-state index contributed by atoms with van der Waals surface area (Å²) >= 11 is 0. The van der Waals surface area contributed by atoms with Gasteiger partial charge >= 0.3 is 0 Å². The summed E-state index contributed by atoms with van der Waals surface area (Å²) in [5.74, 6) is 3.80. The molecule has 2 saturated carbocycles. The van der Waals surface area contributed by atoms with E-state index in [9.17, 15) is 5.11 Å². The summed E-state index contributed by atoms with van der Waals surface area (Å²) in [4.78, 5) is 0. The third kappa shape index (κ3) is 3.64. The molecule has 0 aromatic heterocycles. The van der Waals surface area contributed by atoms with Gasteiger partial charge in [0.05, 0.1) is 0 Å². The van der Waals surface area contributed by atoms with Crippen LogP contribution in [-0.4, -0.2) is 23.4 Å². The Kier molecular flexibility index (Phi) is 6.14. The largest absolute Gasteiger partial charge is 0.396 e. The molecule has 6 atom stereocenters. The minimum Gasteiger partial charge on any atom is -0.396 e. The zero-order valence-electron chi connectivity index (χ0n) is 14.4. The Morgan fingerprint density at radius 1 is 1.10 bits per heavy atom. The summed E-state index contributed by atoms with van der Waals surface area (Å²) in [5.41, 5.74) is 0.572. The lowest BCUT2D eigenvalue weighted by atomic mass is 9.59. The van der Waals surface area contributed by atoms with E-state index in [4.69, 9.17) is 5.11 Å². The summed E-state index contributed by atoms with van der Waals surface area (Å²) in [6.45, 7) is 7.91. The summed E-state index contributed by atoms with van der Waals surface area (Å²) in [7, 11) is 0. The van der Waals surface area contributed by atoms with Crippen molar-refractivity contribution >= 4 is 0 Å². The van der Waals surface area contributed by atoms with Crippen molar-refractivity contribution in [1.82, 2.24) is 0 Å². The first kappa shape index (κ1) is 17.3. The second-order valence-electron chi connectivity index (χ2n) is 8.28. The molecule has 2 aliphatic rings. The van der Waals surface area contributed by atoms with Crippen LogP contribution in [0.25, 0.3) is 0 Å². The highest BCUT2D eigenvalue weighted by molar-refractivity contribution is 5.00. The zero-order valence-corrected chi connectivity index (χ0v) is 14.4. The van der Waals surface area contributed by atoms with Crippen molar-refractivity contribution in [2.75, 3.05) is 13.2 Å². The molecule has 2 fully saturated rings. The number of fused-ring (bicyclic) bond motifs is 1. The summed E-state index contributed by atoms with van der Waals surface area (Å²) in [6, 6.07) is 0. The Morgan fingerprint density at radius 3 is 2.52 bits per heavy atom. The van der Waals surface area contributed by atoms with Crippen molar-refractivity contribution in [3.8, 4) is 0 Å². The van der Waals surface area contributed by atoms with Crippen molar-refractivity contribution in [2.45, 2.75) is 72.1 Å². The lowest BCUT2D eigenvalue weighted by Gasteiger charge is -2.46. The van der Waals surface area contributed by atoms with Gasteiger partial charge in [0, 0.05) is 13.2 Å². The average molecular weight is 296 g/mol. The van der Waals surface area contributed by atoms with Crippen molar-refractivity contribution in [2.24, 2.45) is 35.0 Å². The van der Waals surface area contributed by atoms with Gasteiger partial charge in [0.2, 0.25) is 0 Å². The van der Waals surface area contributed by atoms with E-state index in [1.165, 1.54) is 38.5 Å². The third-order valence-electron chi connectivity index (χ3n) is 7.06. The Balaban J connectivity index is 1.92. The van der Waals surface area contributed by atoms with Gasteiger partial charge in [0.1, 0.15) is 0 Å². The van der Waals surface area contributed by atoms with Crippen LogP contribution in [-0.2, 0) is 0 Å². The monoisotopic (exact) mass is 296 g/mol. The lowest BCUT2D eigenvalue weighted by Crippen LogP contribution is -2.38. The molecule has 2 rings (SSSR count). The van der Waals surface area contributed by atoms with E-state index in [0.717, 1.165) is 36.5 Å². The van der Waals surface area contributed by atoms with Gasteiger partial charge in [-0.05, 0) is 67.1 Å². The highest BCUT2D eigenvalue weighted by Gasteiger charge is 2.51. The molecule has 124 valence electrons. The summed E-state index contributed by atoms with van der Waals surface area (Å²) < 4.78 is 0. The molecule has 2 N–H and O–H groups in total. The van der Waals surface area contributed by atoms with Gasteiger partial charge in [-0.1, -0.05) is 40.0 Å². The predicted octanol–water partition coefficient (Wildman–Crippen LogP) is 4.25. The van der Waals surface area contributed by atoms with E-state index in [2.05, 4.69) is 20.8 Å². The van der Waals surface area contributed by atoms with E-state index < -0.39 is 0 Å². The highest BCUT2D eigenvalue weighted by Crippen LogP contribution is 2.59. The van der Waals surface area contributed by atoms with E-state index >= 15 is 0 Å². The van der Waals surface area contributed by atoms with E-state index in [-0.39, 0.29) is 13.2 Å². The normalized spacial score (nSPS) is 39.0. The first-order valence-electron chi connectivity index (χ1n) is 9.24. The Morgan fingerprint density at radius 2 is 1.86 bits per heavy atom. The van der Waals surface area contributed by atoms with Crippen LogP contribution in [0, 0.1) is 35.0 Å². The van der Waals surface area contributed by atoms with Gasteiger partial charge < -0.3 is 10.2 Å². The molecule has 0 aliphatic heterocycles. The van der Waals surface area contributed by atoms with Crippen molar-refractivity contribution < 1.29 is 10.2 Å². The SMILES string of the molecule is CC(CCC(CO)CCO)[C@H]1CCC2[C@@H](C)CCC[C@@]21C. The molecule has 2 heteroatoms. The predicted molar refractivity (Wildman–Crippen MR) is 88.0 cm³/mol. The number of hydrogen-bond donors (Lipinski definition) is 2. The quantitative estimate of drug-likeness (QED) is 0.737. The molecule has 3 unspecified atom stereocenters. The molecule has 0 aromatic carbocycles. The molecule has 21 heavy (non-hydrogen) atoms. The second kappa shape index (κ2) is 7.46. The van der Waals surface area contributed by atoms with E-state index in [1.54, 1.807) is 0 Å². The number of aliphatic hydroxyl groups excluding tert-OH is 2. The molecule has 0 amide bonds. The molecule has 0 spiro atoms. The van der Waals surface area contributed by atoms with Crippen molar-refractivity contribution in [1.29, 1.82) is 0 Å². The minimum absolute atomic E-state index is 0.209. The molecule has 0 radical (unpaired) electrons. The van der Waals surface area contributed by atoms with Crippen LogP contribution in [0.1, 0.15) is 72.1 Å². The molecule has 0 heterocycles. The fraction of sp³-hybridized carbons (Fsp3) is 1.00. The van der Waals surface area contributed by atoms with E-state index in [0.29, 0.717) is 11.3 Å². The van der Waals surface area contributed by atoms with Gasteiger partial charge in [-0.2, -0.15) is 0 Å². The maximum absolute atomic E-state index is 9.40. The Bertz CT molecular complexity index is 317. The topological polar surface area (TPSA) is 40.5 Å². The standard InChI is InChI=1S/C19H36O2/c1-14-5-4-11-19(3)17(14)8-9-18(19)15(2)6-7-16(13-21)10-12-20/h14-18,20-21H,4-13H2,1-3H3/t14-,15?,16?,17?,18+,19-/m0/s1. The maximum atomic E-state index is 9.40. The molecular formula is C19H36O2. The minimum atomic E-state index is 0.209. The van der Waals surface area contributed by atoms with Gasteiger partial charge in [-0.25, -0.2) is 0 Å². The third-order valence-corrected chi connectivity index (χ3v) is 7.06. The smallest absolute Gasteiger partial charge is 0.0460 e. The van der Waals surface area contributed by atoms with Crippen LogP contribution < -0.4 is 0 Å². The fourth-order valence-corrected chi connectivity index (χ4v) is 5.75. The molecule has 2 nitrogen and oxygen atoms in total.